The standard InChI is InChI=1S/C18H23N3O2/c1-12-15(11-20-21(12)2)18-16(6-8-23-18)19-10-13-3-4-17-14(9-13)5-7-22-17/h3-4,9,11,16,18-19H,5-8,10H2,1-2H3/t16-,18+/m0/s1. The second-order valence-corrected chi connectivity index (χ2v) is 6.42. The fourth-order valence-electron chi connectivity index (χ4n) is 3.50. The zero-order valence-corrected chi connectivity index (χ0v) is 13.7. The average molecular weight is 313 g/mol. The van der Waals surface area contributed by atoms with E-state index in [0.717, 1.165) is 38.3 Å². The first-order chi connectivity index (χ1) is 11.2. The molecule has 0 radical (unpaired) electrons. The van der Waals surface area contributed by atoms with Crippen molar-refractivity contribution in [2.45, 2.75) is 38.5 Å². The molecule has 1 aromatic carbocycles. The molecule has 122 valence electrons. The average Bonchev–Trinajstić information content (AvgIpc) is 3.26. The van der Waals surface area contributed by atoms with Crippen molar-refractivity contribution in [1.29, 1.82) is 0 Å². The van der Waals surface area contributed by atoms with Gasteiger partial charge in [-0.15, -0.1) is 0 Å². The van der Waals surface area contributed by atoms with Crippen molar-refractivity contribution in [2.24, 2.45) is 7.05 Å². The molecule has 0 saturated carbocycles. The number of benzene rings is 1. The summed E-state index contributed by atoms with van der Waals surface area (Å²) in [4.78, 5) is 0. The Labute approximate surface area is 136 Å². The molecule has 1 fully saturated rings. The minimum absolute atomic E-state index is 0.0986. The Morgan fingerprint density at radius 3 is 3.09 bits per heavy atom. The Bertz CT molecular complexity index is 710. The molecular weight excluding hydrogens is 290 g/mol. The monoisotopic (exact) mass is 313 g/mol. The van der Waals surface area contributed by atoms with Crippen molar-refractivity contribution < 1.29 is 9.47 Å². The molecule has 1 aromatic heterocycles. The molecule has 0 unspecified atom stereocenters. The van der Waals surface area contributed by atoms with Crippen LogP contribution in [0.15, 0.2) is 24.4 Å². The Kier molecular flexibility index (Phi) is 3.83. The molecule has 0 bridgehead atoms. The zero-order chi connectivity index (χ0) is 15.8. The Morgan fingerprint density at radius 1 is 1.35 bits per heavy atom. The maximum atomic E-state index is 5.97. The predicted octanol–water partition coefficient (Wildman–Crippen LogP) is 2.28. The SMILES string of the molecule is Cc1c([C@H]2OCC[C@@H]2NCc2ccc3c(c2)CCO3)cnn1C. The van der Waals surface area contributed by atoms with E-state index in [1.165, 1.54) is 22.4 Å². The van der Waals surface area contributed by atoms with Crippen LogP contribution in [0.3, 0.4) is 0 Å². The number of aryl methyl sites for hydroxylation is 1. The van der Waals surface area contributed by atoms with Crippen LogP contribution in [-0.4, -0.2) is 29.0 Å². The molecule has 0 amide bonds. The third-order valence-electron chi connectivity index (χ3n) is 4.99. The fourth-order valence-corrected chi connectivity index (χ4v) is 3.50. The van der Waals surface area contributed by atoms with E-state index in [2.05, 4.69) is 35.5 Å². The van der Waals surface area contributed by atoms with Crippen LogP contribution in [0.1, 0.15) is 34.9 Å². The maximum absolute atomic E-state index is 5.97. The third kappa shape index (κ3) is 2.75. The molecule has 0 aliphatic carbocycles. The van der Waals surface area contributed by atoms with Crippen LogP contribution in [0.2, 0.25) is 0 Å². The lowest BCUT2D eigenvalue weighted by molar-refractivity contribution is 0.0979. The van der Waals surface area contributed by atoms with Gasteiger partial charge >= 0.3 is 0 Å². The van der Waals surface area contributed by atoms with Gasteiger partial charge in [-0.3, -0.25) is 4.68 Å². The van der Waals surface area contributed by atoms with Crippen LogP contribution >= 0.6 is 0 Å². The summed E-state index contributed by atoms with van der Waals surface area (Å²) in [5, 5.41) is 8.02. The molecular formula is C18H23N3O2. The fraction of sp³-hybridized carbons (Fsp3) is 0.500. The van der Waals surface area contributed by atoms with E-state index in [-0.39, 0.29) is 6.10 Å². The topological polar surface area (TPSA) is 48.3 Å². The van der Waals surface area contributed by atoms with Crippen molar-refractivity contribution >= 4 is 0 Å². The number of ether oxygens (including phenoxy) is 2. The highest BCUT2D eigenvalue weighted by Gasteiger charge is 2.31. The van der Waals surface area contributed by atoms with E-state index >= 15 is 0 Å². The van der Waals surface area contributed by atoms with Gasteiger partial charge in [-0.05, 0) is 30.5 Å². The van der Waals surface area contributed by atoms with E-state index in [9.17, 15) is 0 Å². The minimum Gasteiger partial charge on any atom is -0.493 e. The Hall–Kier alpha value is -1.85. The summed E-state index contributed by atoms with van der Waals surface area (Å²) in [5.74, 6) is 1.04. The first kappa shape index (κ1) is 14.7. The largest absolute Gasteiger partial charge is 0.493 e. The summed E-state index contributed by atoms with van der Waals surface area (Å²) in [7, 11) is 1.98. The lowest BCUT2D eigenvalue weighted by Crippen LogP contribution is -2.31. The second kappa shape index (κ2) is 5.98. The van der Waals surface area contributed by atoms with Gasteiger partial charge in [0.05, 0.1) is 12.8 Å². The molecule has 5 heteroatoms. The van der Waals surface area contributed by atoms with Gasteiger partial charge < -0.3 is 14.8 Å². The van der Waals surface area contributed by atoms with Crippen LogP contribution in [0.25, 0.3) is 0 Å². The molecule has 2 aliphatic rings. The molecule has 2 atom stereocenters. The predicted molar refractivity (Wildman–Crippen MR) is 87.5 cm³/mol. The summed E-state index contributed by atoms with van der Waals surface area (Å²) in [6, 6.07) is 6.84. The van der Waals surface area contributed by atoms with Gasteiger partial charge in [0.1, 0.15) is 11.9 Å². The summed E-state index contributed by atoms with van der Waals surface area (Å²) in [5.41, 5.74) is 5.01. The first-order valence-corrected chi connectivity index (χ1v) is 8.30. The second-order valence-electron chi connectivity index (χ2n) is 6.42. The minimum atomic E-state index is 0.0986. The van der Waals surface area contributed by atoms with Crippen LogP contribution < -0.4 is 10.1 Å². The number of hydrogen-bond acceptors (Lipinski definition) is 4. The van der Waals surface area contributed by atoms with E-state index < -0.39 is 0 Å². The number of aromatic nitrogens is 2. The van der Waals surface area contributed by atoms with Gasteiger partial charge in [0.2, 0.25) is 0 Å². The molecule has 3 heterocycles. The number of nitrogens with one attached hydrogen (secondary N) is 1. The van der Waals surface area contributed by atoms with Crippen LogP contribution in [0.4, 0.5) is 0 Å². The number of fused-ring (bicyclic) bond motifs is 1. The van der Waals surface area contributed by atoms with Crippen molar-refractivity contribution in [2.75, 3.05) is 13.2 Å². The zero-order valence-electron chi connectivity index (χ0n) is 13.7. The molecule has 2 aliphatic heterocycles. The van der Waals surface area contributed by atoms with Gasteiger partial charge in [-0.25, -0.2) is 0 Å². The van der Waals surface area contributed by atoms with Gasteiger partial charge in [0.25, 0.3) is 0 Å². The summed E-state index contributed by atoms with van der Waals surface area (Å²) >= 11 is 0. The smallest absolute Gasteiger partial charge is 0.122 e. The van der Waals surface area contributed by atoms with Crippen LogP contribution in [0.5, 0.6) is 5.75 Å². The highest BCUT2D eigenvalue weighted by atomic mass is 16.5. The lowest BCUT2D eigenvalue weighted by atomic mass is 10.0. The van der Waals surface area contributed by atoms with Crippen LogP contribution in [0, 0.1) is 6.92 Å². The number of hydrogen-bond donors (Lipinski definition) is 1. The van der Waals surface area contributed by atoms with Crippen molar-refractivity contribution in [3.05, 3.63) is 46.8 Å². The lowest BCUT2D eigenvalue weighted by Gasteiger charge is -2.20. The first-order valence-electron chi connectivity index (χ1n) is 8.30. The van der Waals surface area contributed by atoms with E-state index in [1.54, 1.807) is 0 Å². The summed E-state index contributed by atoms with van der Waals surface area (Å²) in [6.45, 7) is 4.57. The molecule has 5 nitrogen and oxygen atoms in total. The Morgan fingerprint density at radius 2 is 2.26 bits per heavy atom. The maximum Gasteiger partial charge on any atom is 0.122 e. The van der Waals surface area contributed by atoms with E-state index in [1.807, 2.05) is 17.9 Å². The van der Waals surface area contributed by atoms with Crippen molar-refractivity contribution in [1.82, 2.24) is 15.1 Å². The normalized spacial score (nSPS) is 23.0. The molecule has 0 spiro atoms. The Balaban J connectivity index is 1.45. The van der Waals surface area contributed by atoms with E-state index in [0.29, 0.717) is 6.04 Å². The highest BCUT2D eigenvalue weighted by molar-refractivity contribution is 5.39. The molecule has 1 N–H and O–H groups in total. The van der Waals surface area contributed by atoms with Crippen LogP contribution in [-0.2, 0) is 24.8 Å². The summed E-state index contributed by atoms with van der Waals surface area (Å²) in [6.07, 6.45) is 4.09. The molecule has 4 rings (SSSR count). The van der Waals surface area contributed by atoms with E-state index in [4.69, 9.17) is 9.47 Å². The van der Waals surface area contributed by atoms with Gasteiger partial charge in [0, 0.05) is 43.9 Å². The van der Waals surface area contributed by atoms with Gasteiger partial charge in [-0.2, -0.15) is 5.10 Å². The molecule has 2 aromatic rings. The number of nitrogens with zero attached hydrogens (tertiary/aromatic N) is 2. The molecule has 1 saturated heterocycles. The van der Waals surface area contributed by atoms with Crippen molar-refractivity contribution in [3.63, 3.8) is 0 Å². The quantitative estimate of drug-likeness (QED) is 0.941. The summed E-state index contributed by atoms with van der Waals surface area (Å²) < 4.78 is 13.5. The van der Waals surface area contributed by atoms with Crippen molar-refractivity contribution in [3.8, 4) is 5.75 Å². The third-order valence-corrected chi connectivity index (χ3v) is 4.99. The van der Waals surface area contributed by atoms with Gasteiger partial charge in [-0.1, -0.05) is 12.1 Å². The number of rotatable bonds is 4. The van der Waals surface area contributed by atoms with Gasteiger partial charge in [0.15, 0.2) is 0 Å². The highest BCUT2D eigenvalue weighted by Crippen LogP contribution is 2.31. The molecule has 23 heavy (non-hydrogen) atoms.